The molecule has 0 aromatic heterocycles. The van der Waals surface area contributed by atoms with Crippen LogP contribution in [0.5, 0.6) is 0 Å². The molecule has 0 saturated carbocycles. The lowest BCUT2D eigenvalue weighted by molar-refractivity contribution is -0.139. The Hall–Kier alpha value is -0.770. The molecular formula is C12H21ClN2O2. The predicted molar refractivity (Wildman–Crippen MR) is 68.0 cm³/mol. The molecule has 1 aliphatic heterocycles. The van der Waals surface area contributed by atoms with E-state index in [0.29, 0.717) is 44.9 Å². The third-order valence-electron chi connectivity index (χ3n) is 3.04. The first-order valence-electron chi connectivity index (χ1n) is 6.30. The second kappa shape index (κ2) is 7.54. The molecule has 1 rings (SSSR count). The van der Waals surface area contributed by atoms with Gasteiger partial charge in [0.2, 0.25) is 11.8 Å². The van der Waals surface area contributed by atoms with Crippen LogP contribution in [0, 0.1) is 0 Å². The maximum absolute atomic E-state index is 11.8. The predicted octanol–water partition coefficient (Wildman–Crippen LogP) is 1.48. The number of unbranched alkanes of at least 4 members (excludes halogenated alkanes) is 1. The molecule has 0 aliphatic carbocycles. The third-order valence-corrected chi connectivity index (χ3v) is 3.23. The van der Waals surface area contributed by atoms with Gasteiger partial charge >= 0.3 is 0 Å². The molecule has 0 radical (unpaired) electrons. The summed E-state index contributed by atoms with van der Waals surface area (Å²) in [6.45, 7) is 4.70. The molecule has 0 unspecified atom stereocenters. The first-order valence-corrected chi connectivity index (χ1v) is 6.84. The summed E-state index contributed by atoms with van der Waals surface area (Å²) in [5.74, 6) is 0.686. The van der Waals surface area contributed by atoms with Gasteiger partial charge in [0, 0.05) is 44.9 Å². The van der Waals surface area contributed by atoms with Gasteiger partial charge in [-0.3, -0.25) is 9.59 Å². The Kier molecular flexibility index (Phi) is 6.34. The molecule has 4 nitrogen and oxygen atoms in total. The average molecular weight is 261 g/mol. The van der Waals surface area contributed by atoms with Gasteiger partial charge in [-0.25, -0.2) is 0 Å². The summed E-state index contributed by atoms with van der Waals surface area (Å²) in [4.78, 5) is 27.0. The van der Waals surface area contributed by atoms with Crippen molar-refractivity contribution in [1.82, 2.24) is 9.80 Å². The fourth-order valence-electron chi connectivity index (χ4n) is 1.93. The molecule has 0 spiro atoms. The Morgan fingerprint density at radius 2 is 1.47 bits per heavy atom. The van der Waals surface area contributed by atoms with Crippen LogP contribution >= 0.6 is 11.6 Å². The lowest BCUT2D eigenvalue weighted by atomic mass is 10.2. The standard InChI is InChI=1S/C12H21ClN2O2/c1-2-3-4-11(16)14-7-9-15(10-8-14)12(17)5-6-13/h2-10H2,1H3. The molecule has 2 amide bonds. The van der Waals surface area contributed by atoms with Crippen molar-refractivity contribution in [3.8, 4) is 0 Å². The minimum absolute atomic E-state index is 0.0978. The zero-order valence-electron chi connectivity index (χ0n) is 10.5. The number of piperazine rings is 1. The molecule has 0 atom stereocenters. The van der Waals surface area contributed by atoms with Crippen LogP contribution in [0.2, 0.25) is 0 Å². The number of halogens is 1. The van der Waals surface area contributed by atoms with Crippen LogP contribution in [0.1, 0.15) is 32.6 Å². The minimum Gasteiger partial charge on any atom is -0.339 e. The normalized spacial score (nSPS) is 16.1. The Morgan fingerprint density at radius 3 is 1.88 bits per heavy atom. The number of hydrogen-bond acceptors (Lipinski definition) is 2. The van der Waals surface area contributed by atoms with Crippen molar-refractivity contribution in [1.29, 1.82) is 0 Å². The van der Waals surface area contributed by atoms with Crippen molar-refractivity contribution in [2.75, 3.05) is 32.1 Å². The van der Waals surface area contributed by atoms with Crippen LogP contribution in [0.3, 0.4) is 0 Å². The molecule has 0 N–H and O–H groups in total. The van der Waals surface area contributed by atoms with Crippen LogP contribution in [-0.4, -0.2) is 53.7 Å². The number of carbonyl (C=O) groups is 2. The molecule has 17 heavy (non-hydrogen) atoms. The molecular weight excluding hydrogens is 240 g/mol. The van der Waals surface area contributed by atoms with E-state index in [4.69, 9.17) is 11.6 Å². The number of rotatable bonds is 5. The monoisotopic (exact) mass is 260 g/mol. The summed E-state index contributed by atoms with van der Waals surface area (Å²) in [6, 6.07) is 0. The Balaban J connectivity index is 2.30. The highest BCUT2D eigenvalue weighted by Crippen LogP contribution is 2.07. The van der Waals surface area contributed by atoms with Gasteiger partial charge in [0.1, 0.15) is 0 Å². The fourth-order valence-corrected chi connectivity index (χ4v) is 2.09. The number of hydrogen-bond donors (Lipinski definition) is 0. The Bertz CT molecular complexity index is 263. The summed E-state index contributed by atoms with van der Waals surface area (Å²) < 4.78 is 0. The van der Waals surface area contributed by atoms with E-state index in [-0.39, 0.29) is 11.8 Å². The summed E-state index contributed by atoms with van der Waals surface area (Å²) in [6.07, 6.45) is 3.02. The van der Waals surface area contributed by atoms with Crippen molar-refractivity contribution in [2.24, 2.45) is 0 Å². The van der Waals surface area contributed by atoms with Gasteiger partial charge < -0.3 is 9.80 Å². The topological polar surface area (TPSA) is 40.6 Å². The Morgan fingerprint density at radius 1 is 1.00 bits per heavy atom. The highest BCUT2D eigenvalue weighted by molar-refractivity contribution is 6.18. The number of alkyl halides is 1. The summed E-state index contributed by atoms with van der Waals surface area (Å²) in [5.41, 5.74) is 0. The highest BCUT2D eigenvalue weighted by atomic mass is 35.5. The van der Waals surface area contributed by atoms with Gasteiger partial charge in [-0.1, -0.05) is 13.3 Å². The smallest absolute Gasteiger partial charge is 0.223 e. The fraction of sp³-hybridized carbons (Fsp3) is 0.833. The van der Waals surface area contributed by atoms with E-state index in [1.807, 2.05) is 4.90 Å². The second-order valence-corrected chi connectivity index (χ2v) is 4.68. The van der Waals surface area contributed by atoms with Crippen LogP contribution in [0.15, 0.2) is 0 Å². The molecule has 5 heteroatoms. The van der Waals surface area contributed by atoms with Gasteiger partial charge in [-0.2, -0.15) is 0 Å². The SMILES string of the molecule is CCCCC(=O)N1CCN(C(=O)CCCl)CC1. The summed E-state index contributed by atoms with van der Waals surface area (Å²) in [5, 5.41) is 0. The zero-order chi connectivity index (χ0) is 12.7. The first kappa shape index (κ1) is 14.3. The number of amides is 2. The van der Waals surface area contributed by atoms with E-state index in [2.05, 4.69) is 6.92 Å². The van der Waals surface area contributed by atoms with E-state index >= 15 is 0 Å². The van der Waals surface area contributed by atoms with E-state index in [1.165, 1.54) is 0 Å². The van der Waals surface area contributed by atoms with Crippen LogP contribution in [0.25, 0.3) is 0 Å². The van der Waals surface area contributed by atoms with Gasteiger partial charge in [0.25, 0.3) is 0 Å². The lowest BCUT2D eigenvalue weighted by Crippen LogP contribution is -2.50. The van der Waals surface area contributed by atoms with Gasteiger partial charge in [0.15, 0.2) is 0 Å². The second-order valence-electron chi connectivity index (χ2n) is 4.30. The van der Waals surface area contributed by atoms with Crippen LogP contribution < -0.4 is 0 Å². The third kappa shape index (κ3) is 4.54. The van der Waals surface area contributed by atoms with Crippen molar-refractivity contribution >= 4 is 23.4 Å². The lowest BCUT2D eigenvalue weighted by Gasteiger charge is -2.34. The molecule has 98 valence electrons. The van der Waals surface area contributed by atoms with Crippen molar-refractivity contribution in [2.45, 2.75) is 32.6 Å². The maximum Gasteiger partial charge on any atom is 0.223 e. The van der Waals surface area contributed by atoms with E-state index in [1.54, 1.807) is 4.90 Å². The highest BCUT2D eigenvalue weighted by Gasteiger charge is 2.22. The first-order chi connectivity index (χ1) is 8.19. The molecule has 1 fully saturated rings. The van der Waals surface area contributed by atoms with E-state index < -0.39 is 0 Å². The average Bonchev–Trinajstić information content (AvgIpc) is 2.36. The number of nitrogens with zero attached hydrogens (tertiary/aromatic N) is 2. The minimum atomic E-state index is 0.0978. The summed E-state index contributed by atoms with van der Waals surface area (Å²) >= 11 is 5.54. The largest absolute Gasteiger partial charge is 0.339 e. The summed E-state index contributed by atoms with van der Waals surface area (Å²) in [7, 11) is 0. The molecule has 0 aromatic rings. The van der Waals surface area contributed by atoms with Crippen molar-refractivity contribution in [3.63, 3.8) is 0 Å². The van der Waals surface area contributed by atoms with E-state index in [9.17, 15) is 9.59 Å². The van der Waals surface area contributed by atoms with Crippen molar-refractivity contribution in [3.05, 3.63) is 0 Å². The molecule has 0 aromatic carbocycles. The van der Waals surface area contributed by atoms with Crippen LogP contribution in [0.4, 0.5) is 0 Å². The van der Waals surface area contributed by atoms with Crippen molar-refractivity contribution < 1.29 is 9.59 Å². The van der Waals surface area contributed by atoms with Gasteiger partial charge in [-0.15, -0.1) is 11.6 Å². The number of carbonyl (C=O) groups excluding carboxylic acids is 2. The van der Waals surface area contributed by atoms with Gasteiger partial charge in [0.05, 0.1) is 0 Å². The van der Waals surface area contributed by atoms with Crippen LogP contribution in [-0.2, 0) is 9.59 Å². The molecule has 1 heterocycles. The Labute approximate surface area is 108 Å². The zero-order valence-corrected chi connectivity index (χ0v) is 11.2. The maximum atomic E-state index is 11.8. The molecule has 1 aliphatic rings. The molecule has 1 saturated heterocycles. The molecule has 0 bridgehead atoms. The quantitative estimate of drug-likeness (QED) is 0.703. The van der Waals surface area contributed by atoms with Gasteiger partial charge in [-0.05, 0) is 6.42 Å². The van der Waals surface area contributed by atoms with E-state index in [0.717, 1.165) is 12.8 Å².